The number of nitrogens with one attached hydrogen (secondary N) is 1. The molecule has 150 valence electrons. The molecule has 3 aromatic rings. The van der Waals surface area contributed by atoms with E-state index in [0.29, 0.717) is 18.5 Å². The third kappa shape index (κ3) is 3.55. The van der Waals surface area contributed by atoms with Gasteiger partial charge in [0.05, 0.1) is 24.6 Å². The molecule has 1 saturated carbocycles. The summed E-state index contributed by atoms with van der Waals surface area (Å²) in [5.74, 6) is 0.166. The van der Waals surface area contributed by atoms with E-state index in [4.69, 9.17) is 4.74 Å². The van der Waals surface area contributed by atoms with Crippen LogP contribution in [0, 0.1) is 5.92 Å². The van der Waals surface area contributed by atoms with E-state index in [1.807, 2.05) is 17.4 Å². The van der Waals surface area contributed by atoms with Crippen molar-refractivity contribution in [1.29, 1.82) is 0 Å². The van der Waals surface area contributed by atoms with Gasteiger partial charge in [-0.05, 0) is 24.8 Å². The summed E-state index contributed by atoms with van der Waals surface area (Å²) >= 11 is 0. The van der Waals surface area contributed by atoms with E-state index in [0.717, 1.165) is 23.4 Å². The number of rotatable bonds is 5. The molecule has 0 amide bonds. The van der Waals surface area contributed by atoms with Gasteiger partial charge in [0.25, 0.3) is 0 Å². The molecule has 1 aliphatic carbocycles. The number of ether oxygens (including phenoxy) is 1. The highest BCUT2D eigenvalue weighted by Crippen LogP contribution is 2.42. The number of carbonyl (C=O) groups excluding carboxylic acids is 1. The van der Waals surface area contributed by atoms with Crippen LogP contribution in [0.4, 0.5) is 13.2 Å². The van der Waals surface area contributed by atoms with Gasteiger partial charge in [0.1, 0.15) is 11.9 Å². The number of fused-ring (bicyclic) bond motifs is 3. The van der Waals surface area contributed by atoms with Crippen molar-refractivity contribution in [3.63, 3.8) is 0 Å². The lowest BCUT2D eigenvalue weighted by Crippen LogP contribution is -2.18. The summed E-state index contributed by atoms with van der Waals surface area (Å²) in [7, 11) is 0. The first-order valence-electron chi connectivity index (χ1n) is 9.29. The molecule has 1 fully saturated rings. The molecule has 0 radical (unpaired) electrons. The van der Waals surface area contributed by atoms with Crippen LogP contribution in [-0.2, 0) is 9.53 Å². The highest BCUT2D eigenvalue weighted by atomic mass is 19.4. The number of hydrogen-bond acceptors (Lipinski definition) is 5. The fourth-order valence-electron chi connectivity index (χ4n) is 4.06. The highest BCUT2D eigenvalue weighted by Gasteiger charge is 2.39. The predicted octanol–water partition coefficient (Wildman–Crippen LogP) is 3.76. The van der Waals surface area contributed by atoms with Gasteiger partial charge in [0, 0.05) is 12.1 Å². The quantitative estimate of drug-likeness (QED) is 0.665. The van der Waals surface area contributed by atoms with Gasteiger partial charge in [0.2, 0.25) is 0 Å². The third-order valence-corrected chi connectivity index (χ3v) is 5.39. The van der Waals surface area contributed by atoms with Crippen LogP contribution in [0.3, 0.4) is 0 Å². The molecule has 7 nitrogen and oxygen atoms in total. The number of aromatic amines is 1. The van der Waals surface area contributed by atoms with Crippen LogP contribution in [-0.4, -0.2) is 42.8 Å². The maximum Gasteiger partial charge on any atom is 0.389 e. The second-order valence-electron chi connectivity index (χ2n) is 7.19. The molecule has 0 unspecified atom stereocenters. The number of halogens is 3. The van der Waals surface area contributed by atoms with Crippen LogP contribution in [0.5, 0.6) is 0 Å². The maximum atomic E-state index is 12.3. The fraction of sp³-hybridized carbons (Fsp3) is 0.556. The Morgan fingerprint density at radius 2 is 2.18 bits per heavy atom. The van der Waals surface area contributed by atoms with Crippen LogP contribution < -0.4 is 0 Å². The van der Waals surface area contributed by atoms with Crippen molar-refractivity contribution in [2.75, 3.05) is 0 Å². The minimum atomic E-state index is -4.36. The monoisotopic (exact) mass is 395 g/mol. The summed E-state index contributed by atoms with van der Waals surface area (Å²) in [5, 5.41) is 8.57. The zero-order valence-electron chi connectivity index (χ0n) is 15.2. The average Bonchev–Trinajstić information content (AvgIpc) is 3.35. The molecule has 3 heterocycles. The zero-order valence-corrected chi connectivity index (χ0v) is 15.2. The summed E-state index contributed by atoms with van der Waals surface area (Å²) in [6.45, 7) is 2.04. The van der Waals surface area contributed by atoms with Crippen molar-refractivity contribution in [3.05, 3.63) is 24.3 Å². The molecule has 4 rings (SSSR count). The van der Waals surface area contributed by atoms with Gasteiger partial charge in [0.15, 0.2) is 11.3 Å². The molecular formula is C18H20F3N5O2. The van der Waals surface area contributed by atoms with E-state index >= 15 is 0 Å². The van der Waals surface area contributed by atoms with Gasteiger partial charge in [-0.15, -0.1) is 10.2 Å². The summed E-state index contributed by atoms with van der Waals surface area (Å²) < 4.78 is 44.2. The lowest BCUT2D eigenvalue weighted by atomic mass is 9.93. The van der Waals surface area contributed by atoms with Crippen molar-refractivity contribution in [3.8, 4) is 0 Å². The number of nitrogens with zero attached hydrogens (tertiary/aromatic N) is 4. The minimum absolute atomic E-state index is 0.000848. The van der Waals surface area contributed by atoms with Gasteiger partial charge >= 0.3 is 12.1 Å². The predicted molar refractivity (Wildman–Crippen MR) is 93.6 cm³/mol. The summed E-state index contributed by atoms with van der Waals surface area (Å²) in [4.78, 5) is 19.2. The molecule has 3 aromatic heterocycles. The van der Waals surface area contributed by atoms with E-state index in [1.54, 1.807) is 12.4 Å². The Morgan fingerprint density at radius 3 is 2.93 bits per heavy atom. The summed E-state index contributed by atoms with van der Waals surface area (Å²) in [5.41, 5.74) is 2.20. The van der Waals surface area contributed by atoms with Gasteiger partial charge in [-0.2, -0.15) is 13.2 Å². The van der Waals surface area contributed by atoms with E-state index in [-0.39, 0.29) is 11.8 Å². The molecule has 28 heavy (non-hydrogen) atoms. The zero-order chi connectivity index (χ0) is 19.9. The lowest BCUT2D eigenvalue weighted by Gasteiger charge is -2.15. The second kappa shape index (κ2) is 7.06. The number of aromatic nitrogens is 5. The first-order valence-corrected chi connectivity index (χ1v) is 9.29. The van der Waals surface area contributed by atoms with Gasteiger partial charge in [-0.25, -0.2) is 4.98 Å². The largest absolute Gasteiger partial charge is 0.462 e. The SMILES string of the molecule is CC[C@@H]1C[C@H](OC(=O)CCC(F)(F)F)C[C@@H]1c1nnc2cnc3[nH]ccc3n12. The van der Waals surface area contributed by atoms with Crippen molar-refractivity contribution in [1.82, 2.24) is 24.6 Å². The smallest absolute Gasteiger partial charge is 0.389 e. The molecular weight excluding hydrogens is 375 g/mol. The summed E-state index contributed by atoms with van der Waals surface area (Å²) in [6, 6.07) is 1.90. The molecule has 0 aromatic carbocycles. The fourth-order valence-corrected chi connectivity index (χ4v) is 4.06. The van der Waals surface area contributed by atoms with Crippen molar-refractivity contribution in [2.45, 2.75) is 57.2 Å². The van der Waals surface area contributed by atoms with E-state index in [2.05, 4.69) is 20.2 Å². The Balaban J connectivity index is 1.54. The molecule has 1 N–H and O–H groups in total. The Labute approximate surface area is 158 Å². The Bertz CT molecular complexity index is 996. The number of alkyl halides is 3. The van der Waals surface area contributed by atoms with Crippen molar-refractivity contribution >= 4 is 22.8 Å². The van der Waals surface area contributed by atoms with Crippen LogP contribution in [0.25, 0.3) is 16.8 Å². The van der Waals surface area contributed by atoms with Gasteiger partial charge < -0.3 is 9.72 Å². The Kier molecular flexibility index (Phi) is 4.72. The number of H-pyrrole nitrogens is 1. The van der Waals surface area contributed by atoms with Gasteiger partial charge in [-0.1, -0.05) is 13.3 Å². The van der Waals surface area contributed by atoms with E-state index < -0.39 is 31.1 Å². The lowest BCUT2D eigenvalue weighted by molar-refractivity contribution is -0.161. The van der Waals surface area contributed by atoms with Crippen LogP contribution in [0.2, 0.25) is 0 Å². The van der Waals surface area contributed by atoms with Gasteiger partial charge in [-0.3, -0.25) is 9.20 Å². The average molecular weight is 395 g/mol. The molecule has 0 bridgehead atoms. The molecule has 1 aliphatic rings. The molecule has 0 aliphatic heterocycles. The molecule has 0 saturated heterocycles. The first kappa shape index (κ1) is 18.7. The van der Waals surface area contributed by atoms with E-state index in [1.165, 1.54) is 0 Å². The second-order valence-corrected chi connectivity index (χ2v) is 7.19. The highest BCUT2D eigenvalue weighted by molar-refractivity contribution is 5.74. The summed E-state index contributed by atoms with van der Waals surface area (Å²) in [6.07, 6.45) is -1.18. The maximum absolute atomic E-state index is 12.3. The number of carbonyl (C=O) groups is 1. The van der Waals surface area contributed by atoms with E-state index in [9.17, 15) is 18.0 Å². The van der Waals surface area contributed by atoms with Crippen molar-refractivity contribution < 1.29 is 22.7 Å². The third-order valence-electron chi connectivity index (χ3n) is 5.39. The molecule has 3 atom stereocenters. The standard InChI is InChI=1S/C18H20F3N5O2/c1-2-10-7-11(28-15(27)3-5-18(19,20)21)8-12(10)17-25-24-14-9-23-16-13(26(14)17)4-6-22-16/h4,6,9-12,22H,2-3,5,7-8H2,1H3/t10-,11+,12+/m1/s1. The van der Waals surface area contributed by atoms with Crippen LogP contribution in [0.15, 0.2) is 18.5 Å². The van der Waals surface area contributed by atoms with Crippen LogP contribution >= 0.6 is 0 Å². The Hall–Kier alpha value is -2.65. The topological polar surface area (TPSA) is 85.2 Å². The minimum Gasteiger partial charge on any atom is -0.462 e. The van der Waals surface area contributed by atoms with Crippen molar-refractivity contribution in [2.24, 2.45) is 5.92 Å². The number of hydrogen-bond donors (Lipinski definition) is 1. The normalized spacial score (nSPS) is 22.9. The first-order chi connectivity index (χ1) is 13.4. The Morgan fingerprint density at radius 1 is 1.36 bits per heavy atom. The van der Waals surface area contributed by atoms with Crippen LogP contribution in [0.1, 0.15) is 50.8 Å². The number of esters is 1. The molecule has 0 spiro atoms. The molecule has 10 heteroatoms.